The lowest BCUT2D eigenvalue weighted by atomic mass is 10.1. The fourth-order valence-electron chi connectivity index (χ4n) is 3.77. The number of ether oxygens (including phenoxy) is 7. The van der Waals surface area contributed by atoms with Crippen molar-refractivity contribution in [2.24, 2.45) is 4.99 Å². The number of benzene rings is 3. The second-order valence-corrected chi connectivity index (χ2v) is 8.01. The summed E-state index contributed by atoms with van der Waals surface area (Å²) in [6, 6.07) is 14.9. The number of hydrogen-bond acceptors (Lipinski definition) is 10. The van der Waals surface area contributed by atoms with Crippen LogP contribution >= 0.6 is 0 Å². The van der Waals surface area contributed by atoms with Crippen LogP contribution < -0.4 is 28.4 Å². The van der Waals surface area contributed by atoms with E-state index in [-0.39, 0.29) is 22.9 Å². The van der Waals surface area contributed by atoms with Crippen LogP contribution in [0.4, 0.5) is 0 Å². The van der Waals surface area contributed by atoms with Crippen LogP contribution in [0.15, 0.2) is 65.3 Å². The molecule has 3 aromatic carbocycles. The largest absolute Gasteiger partial charge is 0.497 e. The molecule has 0 aliphatic carbocycles. The molecule has 0 saturated heterocycles. The van der Waals surface area contributed by atoms with E-state index in [2.05, 4.69) is 4.99 Å². The first-order valence-electron chi connectivity index (χ1n) is 11.9. The minimum Gasteiger partial charge on any atom is -0.497 e. The van der Waals surface area contributed by atoms with Crippen LogP contribution in [0.25, 0.3) is 6.08 Å². The molecule has 0 atom stereocenters. The number of nitrogens with zero attached hydrogens (tertiary/aromatic N) is 1. The number of aliphatic imine (C=N–C) groups is 1. The predicted molar refractivity (Wildman–Crippen MR) is 142 cm³/mol. The summed E-state index contributed by atoms with van der Waals surface area (Å²) in [6.45, 7) is 2.11. The standard InChI is InChI=1S/C29H27NO9/c1-6-37-23-13-17(12-21-29(32)39-27(30-21)18-8-7-9-20(14-18)33-2)10-11-22(23)38-28(31)19-15-24(34-3)26(36-5)25(16-19)35-4/h7-16H,6H2,1-5H3/b21-12-. The first-order valence-corrected chi connectivity index (χ1v) is 11.9. The third kappa shape index (κ3) is 5.96. The molecule has 0 radical (unpaired) electrons. The Morgan fingerprint density at radius 2 is 1.62 bits per heavy atom. The van der Waals surface area contributed by atoms with Crippen LogP contribution in [0.5, 0.6) is 34.5 Å². The summed E-state index contributed by atoms with van der Waals surface area (Å²) in [5, 5.41) is 0. The van der Waals surface area contributed by atoms with Crippen LogP contribution in [0.2, 0.25) is 0 Å². The zero-order valence-electron chi connectivity index (χ0n) is 22.1. The van der Waals surface area contributed by atoms with Gasteiger partial charge in [-0.15, -0.1) is 0 Å². The summed E-state index contributed by atoms with van der Waals surface area (Å²) in [7, 11) is 5.93. The molecule has 202 valence electrons. The van der Waals surface area contributed by atoms with Crippen molar-refractivity contribution in [1.29, 1.82) is 0 Å². The molecule has 4 rings (SSSR count). The van der Waals surface area contributed by atoms with Gasteiger partial charge in [0.15, 0.2) is 28.7 Å². The number of cyclic esters (lactones) is 1. The highest BCUT2D eigenvalue weighted by Gasteiger charge is 2.25. The van der Waals surface area contributed by atoms with E-state index >= 15 is 0 Å². The Bertz CT molecular complexity index is 1430. The number of methoxy groups -OCH3 is 4. The van der Waals surface area contributed by atoms with Gasteiger partial charge in [0.05, 0.1) is 40.6 Å². The van der Waals surface area contributed by atoms with Crippen molar-refractivity contribution in [3.8, 4) is 34.5 Å². The van der Waals surface area contributed by atoms with E-state index in [1.807, 2.05) is 0 Å². The lowest BCUT2D eigenvalue weighted by Crippen LogP contribution is -2.11. The van der Waals surface area contributed by atoms with Gasteiger partial charge < -0.3 is 33.2 Å². The molecule has 1 aliphatic heterocycles. The van der Waals surface area contributed by atoms with Crippen LogP contribution in [0.3, 0.4) is 0 Å². The van der Waals surface area contributed by atoms with E-state index in [1.165, 1.54) is 33.5 Å². The predicted octanol–water partition coefficient (Wildman–Crippen LogP) is 4.68. The van der Waals surface area contributed by atoms with Crippen molar-refractivity contribution in [3.05, 3.63) is 77.0 Å². The molecule has 10 heteroatoms. The Morgan fingerprint density at radius 1 is 0.872 bits per heavy atom. The Kier molecular flexibility index (Phi) is 8.35. The lowest BCUT2D eigenvalue weighted by molar-refractivity contribution is -0.129. The molecule has 0 amide bonds. The molecule has 0 spiro atoms. The monoisotopic (exact) mass is 533 g/mol. The van der Waals surface area contributed by atoms with Gasteiger partial charge in [0, 0.05) is 5.56 Å². The van der Waals surface area contributed by atoms with Crippen molar-refractivity contribution in [1.82, 2.24) is 0 Å². The first kappa shape index (κ1) is 27.1. The SMILES string of the molecule is CCOc1cc(/C=C2\N=C(c3cccc(OC)c3)OC2=O)ccc1OC(=O)c1cc(OC)c(OC)c(OC)c1. The average molecular weight is 534 g/mol. The molecule has 0 aromatic heterocycles. The maximum Gasteiger partial charge on any atom is 0.363 e. The maximum absolute atomic E-state index is 13.0. The maximum atomic E-state index is 13.0. The number of hydrogen-bond donors (Lipinski definition) is 0. The highest BCUT2D eigenvalue weighted by Crippen LogP contribution is 2.39. The van der Waals surface area contributed by atoms with Crippen molar-refractivity contribution < 1.29 is 42.7 Å². The average Bonchev–Trinajstić information content (AvgIpc) is 3.33. The third-order valence-electron chi connectivity index (χ3n) is 5.61. The Balaban J connectivity index is 1.61. The second kappa shape index (κ2) is 12.0. The summed E-state index contributed by atoms with van der Waals surface area (Å²) in [5.41, 5.74) is 1.49. The van der Waals surface area contributed by atoms with Gasteiger partial charge >= 0.3 is 11.9 Å². The molecule has 0 fully saturated rings. The minimum atomic E-state index is -0.659. The fourth-order valence-corrected chi connectivity index (χ4v) is 3.77. The zero-order chi connectivity index (χ0) is 27.9. The number of rotatable bonds is 10. The quantitative estimate of drug-likeness (QED) is 0.208. The molecule has 10 nitrogen and oxygen atoms in total. The molecule has 0 bridgehead atoms. The molecule has 1 heterocycles. The lowest BCUT2D eigenvalue weighted by Gasteiger charge is -2.15. The van der Waals surface area contributed by atoms with Crippen LogP contribution in [0, 0.1) is 0 Å². The fraction of sp³-hybridized carbons (Fsp3) is 0.207. The van der Waals surface area contributed by atoms with Gasteiger partial charge in [-0.3, -0.25) is 0 Å². The topological polar surface area (TPSA) is 111 Å². The van der Waals surface area contributed by atoms with Crippen LogP contribution in [0.1, 0.15) is 28.4 Å². The van der Waals surface area contributed by atoms with E-state index < -0.39 is 11.9 Å². The summed E-state index contributed by atoms with van der Waals surface area (Å²) < 4.78 is 37.8. The zero-order valence-corrected chi connectivity index (χ0v) is 22.1. The van der Waals surface area contributed by atoms with Crippen molar-refractivity contribution in [2.75, 3.05) is 35.0 Å². The van der Waals surface area contributed by atoms with Gasteiger partial charge in [-0.05, 0) is 61.0 Å². The van der Waals surface area contributed by atoms with E-state index in [9.17, 15) is 9.59 Å². The van der Waals surface area contributed by atoms with E-state index in [0.717, 1.165) is 0 Å². The van der Waals surface area contributed by atoms with Gasteiger partial charge in [-0.25, -0.2) is 14.6 Å². The smallest absolute Gasteiger partial charge is 0.363 e. The van der Waals surface area contributed by atoms with Gasteiger partial charge in [-0.2, -0.15) is 0 Å². The van der Waals surface area contributed by atoms with Gasteiger partial charge in [0.2, 0.25) is 11.6 Å². The number of carbonyl (C=O) groups excluding carboxylic acids is 2. The molecule has 0 N–H and O–H groups in total. The summed E-state index contributed by atoms with van der Waals surface area (Å²) in [5.74, 6) is 1.00. The van der Waals surface area contributed by atoms with E-state index in [4.69, 9.17) is 33.2 Å². The summed E-state index contributed by atoms with van der Waals surface area (Å²) >= 11 is 0. The van der Waals surface area contributed by atoms with Gasteiger partial charge in [-0.1, -0.05) is 12.1 Å². The summed E-state index contributed by atoms with van der Waals surface area (Å²) in [4.78, 5) is 29.8. The second-order valence-electron chi connectivity index (χ2n) is 8.01. The first-order chi connectivity index (χ1) is 18.9. The van der Waals surface area contributed by atoms with Crippen molar-refractivity contribution in [2.45, 2.75) is 6.92 Å². The van der Waals surface area contributed by atoms with E-state index in [0.29, 0.717) is 46.5 Å². The van der Waals surface area contributed by atoms with Gasteiger partial charge in [0.25, 0.3) is 0 Å². The minimum absolute atomic E-state index is 0.109. The molecule has 0 saturated carbocycles. The molecule has 1 aliphatic rings. The normalized spacial score (nSPS) is 13.4. The summed E-state index contributed by atoms with van der Waals surface area (Å²) in [6.07, 6.45) is 1.56. The van der Waals surface area contributed by atoms with Crippen molar-refractivity contribution >= 4 is 23.9 Å². The highest BCUT2D eigenvalue weighted by atomic mass is 16.6. The van der Waals surface area contributed by atoms with Gasteiger partial charge in [0.1, 0.15) is 5.75 Å². The Labute approximate surface area is 225 Å². The molecule has 0 unspecified atom stereocenters. The van der Waals surface area contributed by atoms with Crippen LogP contribution in [-0.2, 0) is 9.53 Å². The third-order valence-corrected chi connectivity index (χ3v) is 5.61. The number of esters is 2. The Hall–Kier alpha value is -4.99. The Morgan fingerprint density at radius 3 is 2.26 bits per heavy atom. The van der Waals surface area contributed by atoms with Crippen molar-refractivity contribution in [3.63, 3.8) is 0 Å². The van der Waals surface area contributed by atoms with Crippen LogP contribution in [-0.4, -0.2) is 52.9 Å². The highest BCUT2D eigenvalue weighted by molar-refractivity contribution is 6.13. The van der Waals surface area contributed by atoms with E-state index in [1.54, 1.807) is 62.6 Å². The number of carbonyl (C=O) groups is 2. The molecule has 3 aromatic rings. The molecular weight excluding hydrogens is 506 g/mol. The molecular formula is C29H27NO9. The molecule has 39 heavy (non-hydrogen) atoms.